The Labute approximate surface area is 93.4 Å². The second-order valence-electron chi connectivity index (χ2n) is 3.48. The average Bonchev–Trinajstić information content (AvgIpc) is 2.32. The van der Waals surface area contributed by atoms with Gasteiger partial charge in [-0.2, -0.15) is 0 Å². The predicted octanol–water partition coefficient (Wildman–Crippen LogP) is 3.14. The van der Waals surface area contributed by atoms with Crippen LogP contribution in [0.4, 0.5) is 10.1 Å². The molecule has 2 aromatic rings. The van der Waals surface area contributed by atoms with E-state index < -0.39 is 5.82 Å². The van der Waals surface area contributed by atoms with Gasteiger partial charge in [-0.15, -0.1) is 0 Å². The number of para-hydroxylation sites is 1. The van der Waals surface area contributed by atoms with E-state index in [4.69, 9.17) is 0 Å². The molecule has 3 heteroatoms. The fraction of sp³-hybridized carbons (Fsp3) is 0.0769. The van der Waals surface area contributed by atoms with E-state index in [1.807, 2.05) is 30.3 Å². The molecule has 0 aliphatic carbocycles. The van der Waals surface area contributed by atoms with E-state index in [2.05, 4.69) is 5.32 Å². The van der Waals surface area contributed by atoms with E-state index in [0.717, 1.165) is 5.56 Å². The van der Waals surface area contributed by atoms with Crippen LogP contribution in [0.1, 0.15) is 5.56 Å². The summed E-state index contributed by atoms with van der Waals surface area (Å²) in [7, 11) is 0. The lowest BCUT2D eigenvalue weighted by atomic mass is 10.2. The predicted molar refractivity (Wildman–Crippen MR) is 61.8 cm³/mol. The quantitative estimate of drug-likeness (QED) is 0.774. The highest BCUT2D eigenvalue weighted by atomic mass is 19.1. The van der Waals surface area contributed by atoms with Gasteiger partial charge in [0.15, 0.2) is 11.6 Å². The Balaban J connectivity index is 2.08. The molecular weight excluding hydrogens is 205 g/mol. The number of rotatable bonds is 3. The summed E-state index contributed by atoms with van der Waals surface area (Å²) in [4.78, 5) is 0. The van der Waals surface area contributed by atoms with E-state index in [9.17, 15) is 9.50 Å². The molecule has 0 unspecified atom stereocenters. The van der Waals surface area contributed by atoms with Crippen LogP contribution in [0.2, 0.25) is 0 Å². The van der Waals surface area contributed by atoms with Crippen LogP contribution in [-0.4, -0.2) is 5.11 Å². The van der Waals surface area contributed by atoms with Crippen molar-refractivity contribution in [2.24, 2.45) is 0 Å². The molecular formula is C13H12FNO. The fourth-order valence-electron chi connectivity index (χ4n) is 1.45. The van der Waals surface area contributed by atoms with Gasteiger partial charge < -0.3 is 10.4 Å². The summed E-state index contributed by atoms with van der Waals surface area (Å²) < 4.78 is 13.0. The first kappa shape index (κ1) is 10.5. The van der Waals surface area contributed by atoms with Crippen LogP contribution in [-0.2, 0) is 6.54 Å². The van der Waals surface area contributed by atoms with Gasteiger partial charge in [0.2, 0.25) is 0 Å². The van der Waals surface area contributed by atoms with Gasteiger partial charge in [0.25, 0.3) is 0 Å². The fourth-order valence-corrected chi connectivity index (χ4v) is 1.45. The third-order valence-electron chi connectivity index (χ3n) is 2.31. The molecule has 2 aromatic carbocycles. The Kier molecular flexibility index (Phi) is 3.05. The van der Waals surface area contributed by atoms with Crippen molar-refractivity contribution >= 4 is 5.69 Å². The second kappa shape index (κ2) is 4.66. The summed E-state index contributed by atoms with van der Waals surface area (Å²) in [5, 5.41) is 12.4. The summed E-state index contributed by atoms with van der Waals surface area (Å²) in [6, 6.07) is 14.1. The standard InChI is InChI=1S/C13H12FNO/c14-11-7-4-8-12(13(11)16)15-9-10-5-2-1-3-6-10/h1-8,15-16H,9H2. The van der Waals surface area contributed by atoms with Crippen molar-refractivity contribution in [3.63, 3.8) is 0 Å². The van der Waals surface area contributed by atoms with Crippen LogP contribution < -0.4 is 5.32 Å². The molecule has 0 bridgehead atoms. The van der Waals surface area contributed by atoms with Crippen molar-refractivity contribution in [2.45, 2.75) is 6.54 Å². The van der Waals surface area contributed by atoms with Crippen LogP contribution in [0.3, 0.4) is 0 Å². The summed E-state index contributed by atoms with van der Waals surface area (Å²) in [6.45, 7) is 0.553. The summed E-state index contributed by atoms with van der Waals surface area (Å²) in [5.74, 6) is -0.948. The Morgan fingerprint density at radius 1 is 1.00 bits per heavy atom. The molecule has 0 radical (unpaired) electrons. The number of phenolic OH excluding ortho intramolecular Hbond substituents is 1. The minimum atomic E-state index is -0.613. The first-order valence-electron chi connectivity index (χ1n) is 5.02. The summed E-state index contributed by atoms with van der Waals surface area (Å²) in [6.07, 6.45) is 0. The molecule has 0 aliphatic heterocycles. The van der Waals surface area contributed by atoms with Crippen molar-refractivity contribution < 1.29 is 9.50 Å². The summed E-state index contributed by atoms with van der Waals surface area (Å²) >= 11 is 0. The van der Waals surface area contributed by atoms with Crippen LogP contribution in [0, 0.1) is 5.82 Å². The Morgan fingerprint density at radius 3 is 2.50 bits per heavy atom. The van der Waals surface area contributed by atoms with Crippen molar-refractivity contribution in [1.82, 2.24) is 0 Å². The third kappa shape index (κ3) is 2.31. The first-order valence-corrected chi connectivity index (χ1v) is 5.02. The van der Waals surface area contributed by atoms with Crippen LogP contribution in [0.15, 0.2) is 48.5 Å². The summed E-state index contributed by atoms with van der Waals surface area (Å²) in [5.41, 5.74) is 1.48. The lowest BCUT2D eigenvalue weighted by Gasteiger charge is -2.08. The Morgan fingerprint density at radius 2 is 1.75 bits per heavy atom. The van der Waals surface area contributed by atoms with Gasteiger partial charge in [-0.25, -0.2) is 4.39 Å². The molecule has 0 aromatic heterocycles. The van der Waals surface area contributed by atoms with Gasteiger partial charge in [-0.3, -0.25) is 0 Å². The average molecular weight is 217 g/mol. The number of nitrogens with one attached hydrogen (secondary N) is 1. The van der Waals surface area contributed by atoms with Crippen LogP contribution in [0.25, 0.3) is 0 Å². The third-order valence-corrected chi connectivity index (χ3v) is 2.31. The van der Waals surface area contributed by atoms with Gasteiger partial charge in [-0.1, -0.05) is 36.4 Å². The lowest BCUT2D eigenvalue weighted by Crippen LogP contribution is -1.99. The Hall–Kier alpha value is -2.03. The molecule has 0 amide bonds. The monoisotopic (exact) mass is 217 g/mol. The Bertz CT molecular complexity index is 471. The number of phenols is 1. The van der Waals surface area contributed by atoms with Crippen LogP contribution in [0.5, 0.6) is 5.75 Å². The van der Waals surface area contributed by atoms with E-state index in [-0.39, 0.29) is 5.75 Å². The van der Waals surface area contributed by atoms with Crippen molar-refractivity contribution in [1.29, 1.82) is 0 Å². The van der Waals surface area contributed by atoms with Crippen LogP contribution >= 0.6 is 0 Å². The zero-order valence-corrected chi connectivity index (χ0v) is 8.65. The normalized spacial score (nSPS) is 10.1. The highest BCUT2D eigenvalue weighted by Crippen LogP contribution is 2.26. The molecule has 0 spiro atoms. The van der Waals surface area contributed by atoms with Crippen molar-refractivity contribution in [3.8, 4) is 5.75 Å². The number of aromatic hydroxyl groups is 1. The first-order chi connectivity index (χ1) is 7.77. The highest BCUT2D eigenvalue weighted by molar-refractivity contribution is 5.56. The van der Waals surface area contributed by atoms with Crippen molar-refractivity contribution in [2.75, 3.05) is 5.32 Å². The number of anilines is 1. The molecule has 2 rings (SSSR count). The SMILES string of the molecule is Oc1c(F)cccc1NCc1ccccc1. The van der Waals surface area contributed by atoms with E-state index in [1.54, 1.807) is 12.1 Å². The molecule has 16 heavy (non-hydrogen) atoms. The van der Waals surface area contributed by atoms with Crippen molar-refractivity contribution in [3.05, 3.63) is 59.9 Å². The minimum absolute atomic E-state index is 0.335. The smallest absolute Gasteiger partial charge is 0.174 e. The largest absolute Gasteiger partial charge is 0.503 e. The van der Waals surface area contributed by atoms with E-state index in [0.29, 0.717) is 12.2 Å². The molecule has 0 fully saturated rings. The van der Waals surface area contributed by atoms with Gasteiger partial charge in [0.1, 0.15) is 0 Å². The van der Waals surface area contributed by atoms with Gasteiger partial charge in [0, 0.05) is 6.54 Å². The maximum absolute atomic E-state index is 13.0. The number of hydrogen-bond acceptors (Lipinski definition) is 2. The molecule has 2 N–H and O–H groups in total. The zero-order valence-electron chi connectivity index (χ0n) is 8.65. The molecule has 0 atom stereocenters. The maximum atomic E-state index is 13.0. The van der Waals surface area contributed by atoms with Gasteiger partial charge >= 0.3 is 0 Å². The topological polar surface area (TPSA) is 32.3 Å². The molecule has 0 heterocycles. The molecule has 0 saturated heterocycles. The van der Waals surface area contributed by atoms with E-state index >= 15 is 0 Å². The molecule has 82 valence electrons. The molecule has 2 nitrogen and oxygen atoms in total. The van der Waals surface area contributed by atoms with E-state index in [1.165, 1.54) is 6.07 Å². The second-order valence-corrected chi connectivity index (χ2v) is 3.48. The molecule has 0 saturated carbocycles. The zero-order chi connectivity index (χ0) is 11.4. The van der Waals surface area contributed by atoms with Gasteiger partial charge in [-0.05, 0) is 17.7 Å². The van der Waals surface area contributed by atoms with Gasteiger partial charge in [0.05, 0.1) is 5.69 Å². The maximum Gasteiger partial charge on any atom is 0.174 e. The minimum Gasteiger partial charge on any atom is -0.503 e. The molecule has 0 aliphatic rings. The number of benzene rings is 2. The lowest BCUT2D eigenvalue weighted by molar-refractivity contribution is 0.434. The number of hydrogen-bond donors (Lipinski definition) is 2. The highest BCUT2D eigenvalue weighted by Gasteiger charge is 2.05. The number of halogens is 1.